The summed E-state index contributed by atoms with van der Waals surface area (Å²) in [5, 5.41) is 3.39. The van der Waals surface area contributed by atoms with Crippen molar-refractivity contribution >= 4 is 23.3 Å². The highest BCUT2D eigenvalue weighted by Crippen LogP contribution is 2.21. The highest BCUT2D eigenvalue weighted by atomic mass is 15.3. The maximum Gasteiger partial charge on any atom is 0.227 e. The summed E-state index contributed by atoms with van der Waals surface area (Å²) in [5.41, 5.74) is 2.37. The van der Waals surface area contributed by atoms with E-state index in [1.54, 1.807) is 0 Å². The van der Waals surface area contributed by atoms with Gasteiger partial charge in [0.1, 0.15) is 11.6 Å². The van der Waals surface area contributed by atoms with Crippen molar-refractivity contribution in [1.82, 2.24) is 15.0 Å². The fraction of sp³-hybridized carbons (Fsp3) is 0.318. The molecular weight excluding hydrogens is 348 g/mol. The Labute approximate surface area is 166 Å². The lowest BCUT2D eigenvalue weighted by Crippen LogP contribution is -2.47. The molecule has 0 atom stereocenters. The summed E-state index contributed by atoms with van der Waals surface area (Å²) in [6.07, 6.45) is 3.66. The first-order valence-electron chi connectivity index (χ1n) is 9.80. The average molecular weight is 374 g/mol. The normalized spacial score (nSPS) is 14.4. The number of hydrogen-bond acceptors (Lipinski definition) is 6. The van der Waals surface area contributed by atoms with E-state index in [2.05, 4.69) is 69.3 Å². The van der Waals surface area contributed by atoms with Crippen LogP contribution in [0.4, 0.5) is 23.3 Å². The fourth-order valence-electron chi connectivity index (χ4n) is 3.35. The number of hydrogen-bond donors (Lipinski definition) is 1. The third-order valence-electron chi connectivity index (χ3n) is 5.03. The van der Waals surface area contributed by atoms with E-state index >= 15 is 0 Å². The molecule has 0 aliphatic carbocycles. The van der Waals surface area contributed by atoms with E-state index in [0.717, 1.165) is 49.5 Å². The molecule has 0 spiro atoms. The van der Waals surface area contributed by atoms with Crippen molar-refractivity contribution in [1.29, 1.82) is 0 Å². The summed E-state index contributed by atoms with van der Waals surface area (Å²) in [6, 6.07) is 16.5. The Balaban J connectivity index is 1.40. The van der Waals surface area contributed by atoms with Gasteiger partial charge in [0.25, 0.3) is 0 Å². The highest BCUT2D eigenvalue weighted by molar-refractivity contribution is 5.57. The minimum Gasteiger partial charge on any atom is -0.353 e. The minimum atomic E-state index is 0.532. The molecule has 1 saturated heterocycles. The number of rotatable bonds is 5. The van der Waals surface area contributed by atoms with Crippen molar-refractivity contribution in [2.75, 3.05) is 41.3 Å². The lowest BCUT2D eigenvalue weighted by atomic mass is 10.0. The molecule has 0 radical (unpaired) electrons. The van der Waals surface area contributed by atoms with Gasteiger partial charge in [0.15, 0.2) is 0 Å². The van der Waals surface area contributed by atoms with E-state index in [4.69, 9.17) is 4.98 Å². The summed E-state index contributed by atoms with van der Waals surface area (Å²) in [7, 11) is 0. The molecule has 0 amide bonds. The van der Waals surface area contributed by atoms with E-state index in [9.17, 15) is 0 Å². The number of anilines is 4. The zero-order valence-corrected chi connectivity index (χ0v) is 16.4. The van der Waals surface area contributed by atoms with Gasteiger partial charge in [0, 0.05) is 44.3 Å². The van der Waals surface area contributed by atoms with Crippen LogP contribution in [0.2, 0.25) is 0 Å². The first-order chi connectivity index (χ1) is 13.7. The van der Waals surface area contributed by atoms with E-state index in [1.165, 1.54) is 5.56 Å². The molecule has 144 valence electrons. The van der Waals surface area contributed by atoms with Crippen molar-refractivity contribution < 1.29 is 0 Å². The van der Waals surface area contributed by atoms with Gasteiger partial charge in [-0.05, 0) is 41.8 Å². The number of pyridine rings is 1. The van der Waals surface area contributed by atoms with Gasteiger partial charge in [-0.2, -0.15) is 4.98 Å². The smallest absolute Gasteiger partial charge is 0.227 e. The summed E-state index contributed by atoms with van der Waals surface area (Å²) in [4.78, 5) is 18.2. The molecule has 1 fully saturated rings. The molecule has 1 aromatic carbocycles. The number of benzene rings is 1. The van der Waals surface area contributed by atoms with Crippen LogP contribution in [0, 0.1) is 0 Å². The Kier molecular flexibility index (Phi) is 5.37. The lowest BCUT2D eigenvalue weighted by molar-refractivity contribution is 0.635. The quantitative estimate of drug-likeness (QED) is 0.727. The van der Waals surface area contributed by atoms with Gasteiger partial charge < -0.3 is 15.1 Å². The van der Waals surface area contributed by atoms with Crippen LogP contribution >= 0.6 is 0 Å². The zero-order valence-electron chi connectivity index (χ0n) is 16.4. The van der Waals surface area contributed by atoms with Gasteiger partial charge in [0.2, 0.25) is 5.95 Å². The molecule has 1 N–H and O–H groups in total. The maximum atomic E-state index is 4.72. The third-order valence-corrected chi connectivity index (χ3v) is 5.03. The topological polar surface area (TPSA) is 57.2 Å². The summed E-state index contributed by atoms with van der Waals surface area (Å²) < 4.78 is 0. The van der Waals surface area contributed by atoms with Gasteiger partial charge in [-0.15, -0.1) is 0 Å². The number of nitrogens with zero attached hydrogens (tertiary/aromatic N) is 5. The highest BCUT2D eigenvalue weighted by Gasteiger charge is 2.20. The molecular formula is C22H26N6. The van der Waals surface area contributed by atoms with Crippen molar-refractivity contribution in [2.45, 2.75) is 19.8 Å². The Hall–Kier alpha value is -3.15. The van der Waals surface area contributed by atoms with Gasteiger partial charge in [0.05, 0.1) is 0 Å². The average Bonchev–Trinajstić information content (AvgIpc) is 2.75. The molecule has 0 bridgehead atoms. The predicted octanol–water partition coefficient (Wildman–Crippen LogP) is 4.07. The number of aromatic nitrogens is 3. The summed E-state index contributed by atoms with van der Waals surface area (Å²) in [5.74, 6) is 3.15. The van der Waals surface area contributed by atoms with Crippen LogP contribution in [0.5, 0.6) is 0 Å². The van der Waals surface area contributed by atoms with E-state index in [1.807, 2.05) is 30.6 Å². The molecule has 6 heteroatoms. The fourth-order valence-corrected chi connectivity index (χ4v) is 3.35. The second-order valence-corrected chi connectivity index (χ2v) is 7.31. The van der Waals surface area contributed by atoms with Crippen LogP contribution in [0.15, 0.2) is 60.9 Å². The Morgan fingerprint density at radius 1 is 0.821 bits per heavy atom. The standard InChI is InChI=1S/C22H26N6/c1-17(2)18-6-8-19(9-7-18)25-20-10-12-24-22(26-20)28-15-13-27(14-16-28)21-5-3-4-11-23-21/h3-12,17H,13-16H2,1-2H3,(H,24,25,26). The summed E-state index contributed by atoms with van der Waals surface area (Å²) >= 11 is 0. The van der Waals surface area contributed by atoms with Gasteiger partial charge in [-0.1, -0.05) is 32.0 Å². The van der Waals surface area contributed by atoms with Crippen LogP contribution in [0.3, 0.4) is 0 Å². The van der Waals surface area contributed by atoms with Crippen molar-refractivity contribution in [3.8, 4) is 0 Å². The third kappa shape index (κ3) is 4.22. The summed E-state index contributed by atoms with van der Waals surface area (Å²) in [6.45, 7) is 7.98. The first-order valence-corrected chi connectivity index (χ1v) is 9.80. The van der Waals surface area contributed by atoms with Gasteiger partial charge in [-0.25, -0.2) is 9.97 Å². The monoisotopic (exact) mass is 374 g/mol. The first kappa shape index (κ1) is 18.2. The maximum absolute atomic E-state index is 4.72. The molecule has 6 nitrogen and oxygen atoms in total. The van der Waals surface area contributed by atoms with Crippen LogP contribution in [0.1, 0.15) is 25.3 Å². The van der Waals surface area contributed by atoms with Crippen molar-refractivity contribution in [2.24, 2.45) is 0 Å². The number of nitrogens with one attached hydrogen (secondary N) is 1. The Morgan fingerprint density at radius 3 is 2.25 bits per heavy atom. The second-order valence-electron chi connectivity index (χ2n) is 7.31. The van der Waals surface area contributed by atoms with E-state index < -0.39 is 0 Å². The zero-order chi connectivity index (χ0) is 19.3. The molecule has 0 saturated carbocycles. The molecule has 2 aromatic heterocycles. The van der Waals surface area contributed by atoms with Crippen molar-refractivity contribution in [3.05, 3.63) is 66.5 Å². The van der Waals surface area contributed by atoms with Gasteiger partial charge in [-0.3, -0.25) is 0 Å². The predicted molar refractivity (Wildman–Crippen MR) is 115 cm³/mol. The number of piperazine rings is 1. The van der Waals surface area contributed by atoms with Crippen LogP contribution < -0.4 is 15.1 Å². The molecule has 3 aromatic rings. The molecule has 28 heavy (non-hydrogen) atoms. The van der Waals surface area contributed by atoms with Crippen LogP contribution in [0.25, 0.3) is 0 Å². The van der Waals surface area contributed by atoms with Gasteiger partial charge >= 0.3 is 0 Å². The van der Waals surface area contributed by atoms with Crippen LogP contribution in [-0.2, 0) is 0 Å². The SMILES string of the molecule is CC(C)c1ccc(Nc2ccnc(N3CCN(c4ccccn4)CC3)n2)cc1. The Bertz CT molecular complexity index is 886. The molecule has 4 rings (SSSR count). The van der Waals surface area contributed by atoms with Crippen LogP contribution in [-0.4, -0.2) is 41.1 Å². The van der Waals surface area contributed by atoms with E-state index in [0.29, 0.717) is 5.92 Å². The Morgan fingerprint density at radius 2 is 1.57 bits per heavy atom. The molecule has 1 aliphatic heterocycles. The lowest BCUT2D eigenvalue weighted by Gasteiger charge is -2.35. The minimum absolute atomic E-state index is 0.532. The molecule has 0 unspecified atom stereocenters. The molecule has 1 aliphatic rings. The second kappa shape index (κ2) is 8.25. The molecule has 3 heterocycles. The largest absolute Gasteiger partial charge is 0.353 e. The van der Waals surface area contributed by atoms with E-state index in [-0.39, 0.29) is 0 Å². The van der Waals surface area contributed by atoms with Crippen molar-refractivity contribution in [3.63, 3.8) is 0 Å².